The lowest BCUT2D eigenvalue weighted by molar-refractivity contribution is 0.0198. The van der Waals surface area contributed by atoms with Crippen molar-refractivity contribution in [3.63, 3.8) is 0 Å². The molecule has 0 aliphatic carbocycles. The van der Waals surface area contributed by atoms with Crippen LogP contribution in [0.5, 0.6) is 0 Å². The van der Waals surface area contributed by atoms with Crippen LogP contribution in [-0.4, -0.2) is 42.1 Å². The van der Waals surface area contributed by atoms with Crippen LogP contribution in [0.25, 0.3) is 11.1 Å². The molecule has 1 saturated heterocycles. The number of carbonyl (C=O) groups is 1. The Morgan fingerprint density at radius 3 is 2.52 bits per heavy atom. The molecule has 1 fully saturated rings. The summed E-state index contributed by atoms with van der Waals surface area (Å²) in [5, 5.41) is 0. The van der Waals surface area contributed by atoms with E-state index < -0.39 is 5.91 Å². The number of nitrogens with two attached hydrogens (primary N) is 1. The van der Waals surface area contributed by atoms with Crippen molar-refractivity contribution in [2.24, 2.45) is 5.73 Å². The minimum absolute atomic E-state index is 0.364. The van der Waals surface area contributed by atoms with E-state index in [0.717, 1.165) is 37.4 Å². The zero-order valence-corrected chi connectivity index (χ0v) is 13.2. The molecule has 2 N–H and O–H groups in total. The van der Waals surface area contributed by atoms with Crippen molar-refractivity contribution in [1.29, 1.82) is 0 Å². The Labute approximate surface area is 136 Å². The fraction of sp³-hybridized carbons (Fsp3) is 0.333. The SMILES string of the molecule is CC(c1ccc(-c2cncc(C(N)=O)c2)cc1)N1CCOCC1. The number of carbonyl (C=O) groups excluding carboxylic acids is 1. The van der Waals surface area contributed by atoms with Crippen molar-refractivity contribution in [3.05, 3.63) is 53.9 Å². The van der Waals surface area contributed by atoms with Gasteiger partial charge < -0.3 is 10.5 Å². The van der Waals surface area contributed by atoms with E-state index >= 15 is 0 Å². The summed E-state index contributed by atoms with van der Waals surface area (Å²) in [5.41, 5.74) is 8.93. The van der Waals surface area contributed by atoms with E-state index in [2.05, 4.69) is 41.1 Å². The predicted octanol–water partition coefficient (Wildman–Crippen LogP) is 2.24. The second kappa shape index (κ2) is 6.89. The van der Waals surface area contributed by atoms with E-state index in [-0.39, 0.29) is 0 Å². The average molecular weight is 311 g/mol. The monoisotopic (exact) mass is 311 g/mol. The number of amides is 1. The molecule has 0 radical (unpaired) electrons. The minimum Gasteiger partial charge on any atom is -0.379 e. The highest BCUT2D eigenvalue weighted by molar-refractivity contribution is 5.93. The topological polar surface area (TPSA) is 68.5 Å². The summed E-state index contributed by atoms with van der Waals surface area (Å²) in [4.78, 5) is 17.8. The number of hydrogen-bond acceptors (Lipinski definition) is 4. The van der Waals surface area contributed by atoms with Gasteiger partial charge in [0.15, 0.2) is 0 Å². The molecule has 1 amide bonds. The molecule has 1 aliphatic heterocycles. The van der Waals surface area contributed by atoms with Crippen molar-refractivity contribution >= 4 is 5.91 Å². The predicted molar refractivity (Wildman–Crippen MR) is 89.0 cm³/mol. The first-order valence-corrected chi connectivity index (χ1v) is 7.82. The quantitative estimate of drug-likeness (QED) is 0.940. The highest BCUT2D eigenvalue weighted by Crippen LogP contribution is 2.25. The maximum Gasteiger partial charge on any atom is 0.250 e. The fourth-order valence-corrected chi connectivity index (χ4v) is 2.86. The molecule has 0 bridgehead atoms. The second-order valence-electron chi connectivity index (χ2n) is 5.77. The van der Waals surface area contributed by atoms with Gasteiger partial charge in [0.2, 0.25) is 5.91 Å². The lowest BCUT2D eigenvalue weighted by Gasteiger charge is -2.32. The van der Waals surface area contributed by atoms with E-state index in [1.807, 2.05) is 0 Å². The maximum atomic E-state index is 11.3. The number of morpholine rings is 1. The number of hydrogen-bond donors (Lipinski definition) is 1. The zero-order valence-electron chi connectivity index (χ0n) is 13.2. The third-order valence-corrected chi connectivity index (χ3v) is 4.34. The van der Waals surface area contributed by atoms with Crippen LogP contribution in [0.4, 0.5) is 0 Å². The Bertz CT molecular complexity index is 679. The van der Waals surface area contributed by atoms with Crippen LogP contribution >= 0.6 is 0 Å². The molecule has 5 heteroatoms. The number of rotatable bonds is 4. The molecular formula is C18H21N3O2. The standard InChI is InChI=1S/C18H21N3O2/c1-13(21-6-8-23-9-7-21)14-2-4-15(5-3-14)16-10-17(18(19)22)12-20-11-16/h2-5,10-13H,6-9H2,1H3,(H2,19,22). The molecule has 23 heavy (non-hydrogen) atoms. The first-order chi connectivity index (χ1) is 11.1. The Kier molecular flexibility index (Phi) is 4.69. The van der Waals surface area contributed by atoms with Crippen molar-refractivity contribution < 1.29 is 9.53 Å². The third kappa shape index (κ3) is 3.57. The molecule has 1 aliphatic rings. The van der Waals surface area contributed by atoms with E-state index in [1.165, 1.54) is 11.8 Å². The molecule has 2 aromatic rings. The summed E-state index contributed by atoms with van der Waals surface area (Å²) in [7, 11) is 0. The largest absolute Gasteiger partial charge is 0.379 e. The van der Waals surface area contributed by atoms with Gasteiger partial charge in [0.25, 0.3) is 0 Å². The van der Waals surface area contributed by atoms with E-state index in [0.29, 0.717) is 11.6 Å². The van der Waals surface area contributed by atoms with Gasteiger partial charge in [0.1, 0.15) is 0 Å². The lowest BCUT2D eigenvalue weighted by atomic mass is 10.0. The van der Waals surface area contributed by atoms with Crippen LogP contribution < -0.4 is 5.73 Å². The van der Waals surface area contributed by atoms with E-state index in [1.54, 1.807) is 12.3 Å². The van der Waals surface area contributed by atoms with Crippen LogP contribution in [0.15, 0.2) is 42.7 Å². The number of pyridine rings is 1. The average Bonchev–Trinajstić information content (AvgIpc) is 2.62. The number of nitrogens with zero attached hydrogens (tertiary/aromatic N) is 2. The van der Waals surface area contributed by atoms with Crippen molar-refractivity contribution in [1.82, 2.24) is 9.88 Å². The molecule has 0 spiro atoms. The van der Waals surface area contributed by atoms with Crippen LogP contribution in [0, 0.1) is 0 Å². The van der Waals surface area contributed by atoms with E-state index in [4.69, 9.17) is 10.5 Å². The molecule has 120 valence electrons. The summed E-state index contributed by atoms with van der Waals surface area (Å²) < 4.78 is 5.41. The van der Waals surface area contributed by atoms with Gasteiger partial charge in [-0.3, -0.25) is 14.7 Å². The highest BCUT2D eigenvalue weighted by atomic mass is 16.5. The Morgan fingerprint density at radius 2 is 1.87 bits per heavy atom. The van der Waals surface area contributed by atoms with Gasteiger partial charge in [0, 0.05) is 37.1 Å². The summed E-state index contributed by atoms with van der Waals surface area (Å²) in [6.45, 7) is 5.75. The Hall–Kier alpha value is -2.24. The van der Waals surface area contributed by atoms with Gasteiger partial charge >= 0.3 is 0 Å². The first-order valence-electron chi connectivity index (χ1n) is 7.82. The third-order valence-electron chi connectivity index (χ3n) is 4.34. The maximum absolute atomic E-state index is 11.3. The molecule has 1 unspecified atom stereocenters. The molecule has 5 nitrogen and oxygen atoms in total. The lowest BCUT2D eigenvalue weighted by Crippen LogP contribution is -2.37. The normalized spacial score (nSPS) is 16.9. The van der Waals surface area contributed by atoms with Crippen LogP contribution in [-0.2, 0) is 4.74 Å². The molecule has 3 rings (SSSR count). The number of primary amides is 1. The second-order valence-corrected chi connectivity index (χ2v) is 5.77. The zero-order chi connectivity index (χ0) is 16.2. The summed E-state index contributed by atoms with van der Waals surface area (Å²) in [5.74, 6) is -0.461. The Balaban J connectivity index is 1.79. The fourth-order valence-electron chi connectivity index (χ4n) is 2.86. The van der Waals surface area contributed by atoms with Gasteiger partial charge in [-0.15, -0.1) is 0 Å². The van der Waals surface area contributed by atoms with E-state index in [9.17, 15) is 4.79 Å². The van der Waals surface area contributed by atoms with Gasteiger partial charge in [-0.05, 0) is 24.1 Å². The van der Waals surface area contributed by atoms with Crippen molar-refractivity contribution in [3.8, 4) is 11.1 Å². The van der Waals surface area contributed by atoms with Crippen LogP contribution in [0.1, 0.15) is 28.9 Å². The molecule has 1 aromatic heterocycles. The van der Waals surface area contributed by atoms with Crippen LogP contribution in [0.2, 0.25) is 0 Å². The molecule has 1 atom stereocenters. The molecular weight excluding hydrogens is 290 g/mol. The van der Waals surface area contributed by atoms with Gasteiger partial charge in [0.05, 0.1) is 18.8 Å². The molecule has 2 heterocycles. The highest BCUT2D eigenvalue weighted by Gasteiger charge is 2.18. The van der Waals surface area contributed by atoms with Gasteiger partial charge in [-0.2, -0.15) is 0 Å². The number of ether oxygens (including phenoxy) is 1. The summed E-state index contributed by atoms with van der Waals surface area (Å²) in [6.07, 6.45) is 3.23. The summed E-state index contributed by atoms with van der Waals surface area (Å²) in [6, 6.07) is 10.5. The van der Waals surface area contributed by atoms with Crippen molar-refractivity contribution in [2.75, 3.05) is 26.3 Å². The van der Waals surface area contributed by atoms with Crippen molar-refractivity contribution in [2.45, 2.75) is 13.0 Å². The molecule has 0 saturated carbocycles. The van der Waals surface area contributed by atoms with Crippen LogP contribution in [0.3, 0.4) is 0 Å². The first kappa shape index (κ1) is 15.6. The summed E-state index contributed by atoms with van der Waals surface area (Å²) >= 11 is 0. The minimum atomic E-state index is -0.461. The Morgan fingerprint density at radius 1 is 1.17 bits per heavy atom. The number of aromatic nitrogens is 1. The van der Waals surface area contributed by atoms with Gasteiger partial charge in [-0.25, -0.2) is 0 Å². The smallest absolute Gasteiger partial charge is 0.250 e. The van der Waals surface area contributed by atoms with Gasteiger partial charge in [-0.1, -0.05) is 24.3 Å². The number of benzene rings is 1. The molecule has 1 aromatic carbocycles.